The molecule has 1 aromatic carbocycles. The summed E-state index contributed by atoms with van der Waals surface area (Å²) in [5.41, 5.74) is 0.517. The molecule has 1 amide bonds. The van der Waals surface area contributed by atoms with E-state index in [4.69, 9.17) is 0 Å². The first-order valence-electron chi connectivity index (χ1n) is 7.70. The predicted octanol–water partition coefficient (Wildman–Crippen LogP) is 1.93. The van der Waals surface area contributed by atoms with Crippen LogP contribution in [0.2, 0.25) is 0 Å². The number of hydrogen-bond donors (Lipinski definition) is 2. The van der Waals surface area contributed by atoms with Crippen LogP contribution in [0.3, 0.4) is 0 Å². The molecule has 7 heteroatoms. The van der Waals surface area contributed by atoms with Crippen LogP contribution in [0.5, 0.6) is 0 Å². The summed E-state index contributed by atoms with van der Waals surface area (Å²) in [4.78, 5) is 12.8. The van der Waals surface area contributed by atoms with Gasteiger partial charge in [0.15, 0.2) is 9.84 Å². The van der Waals surface area contributed by atoms with Gasteiger partial charge in [0.1, 0.15) is 0 Å². The zero-order chi connectivity index (χ0) is 16.2. The molecule has 0 radical (unpaired) electrons. The van der Waals surface area contributed by atoms with Crippen LogP contribution in [-0.2, 0) is 9.84 Å². The second kappa shape index (κ2) is 5.29. The number of carbonyl (C=O) groups is 1. The first kappa shape index (κ1) is 15.1. The Balaban J connectivity index is 1.62. The van der Waals surface area contributed by atoms with Crippen molar-refractivity contribution in [3.8, 4) is 0 Å². The smallest absolute Gasteiger partial charge is 0.251 e. The van der Waals surface area contributed by atoms with Crippen molar-refractivity contribution in [1.29, 1.82) is 0 Å². The standard InChI is InChI=1S/C16H18N2O3S2/c1-23(20,21)15-8-22-14-5-2-9(6-11(14)15)16(19)18-13-7-10-3-4-12(13)17-10/h2,5-6,8,10,12-13,17H,3-4,7H2,1H3,(H,18,19)/t10-,12+,13-/m1/s1. The first-order chi connectivity index (χ1) is 10.9. The highest BCUT2D eigenvalue weighted by molar-refractivity contribution is 7.91. The molecule has 122 valence electrons. The van der Waals surface area contributed by atoms with Crippen molar-refractivity contribution >= 4 is 37.2 Å². The number of benzene rings is 1. The Morgan fingerprint density at radius 2 is 2.17 bits per heavy atom. The minimum Gasteiger partial charge on any atom is -0.348 e. The number of nitrogens with one attached hydrogen (secondary N) is 2. The van der Waals surface area contributed by atoms with Crippen LogP contribution in [0.4, 0.5) is 0 Å². The number of fused-ring (bicyclic) bond motifs is 3. The summed E-state index contributed by atoms with van der Waals surface area (Å²) in [6, 6.07) is 6.36. The highest BCUT2D eigenvalue weighted by Crippen LogP contribution is 2.31. The van der Waals surface area contributed by atoms with Crippen molar-refractivity contribution in [3.63, 3.8) is 0 Å². The summed E-state index contributed by atoms with van der Waals surface area (Å²) >= 11 is 1.38. The SMILES string of the molecule is CS(=O)(=O)c1csc2ccc(C(=O)N[C@@H]3C[C@H]4CC[C@@H]3N4)cc12. The molecular formula is C16H18N2O3S2. The van der Waals surface area contributed by atoms with E-state index in [0.29, 0.717) is 27.9 Å². The van der Waals surface area contributed by atoms with E-state index in [1.165, 1.54) is 24.0 Å². The average Bonchev–Trinajstić information content (AvgIpc) is 3.20. The maximum atomic E-state index is 12.5. The lowest BCUT2D eigenvalue weighted by atomic mass is 9.95. The fraction of sp³-hybridized carbons (Fsp3) is 0.438. The highest BCUT2D eigenvalue weighted by atomic mass is 32.2. The maximum Gasteiger partial charge on any atom is 0.251 e. The average molecular weight is 350 g/mol. The molecule has 2 aliphatic rings. The molecule has 3 atom stereocenters. The van der Waals surface area contributed by atoms with Gasteiger partial charge in [0.25, 0.3) is 5.91 Å². The van der Waals surface area contributed by atoms with Crippen molar-refractivity contribution < 1.29 is 13.2 Å². The number of amides is 1. The van der Waals surface area contributed by atoms with Gasteiger partial charge in [0, 0.05) is 45.4 Å². The molecule has 2 saturated heterocycles. The second-order valence-corrected chi connectivity index (χ2v) is 9.34. The first-order valence-corrected chi connectivity index (χ1v) is 10.5. The fourth-order valence-corrected chi connectivity index (χ4v) is 5.95. The molecule has 2 fully saturated rings. The minimum absolute atomic E-state index is 0.128. The van der Waals surface area contributed by atoms with E-state index in [2.05, 4.69) is 10.6 Å². The van der Waals surface area contributed by atoms with Crippen molar-refractivity contribution in [3.05, 3.63) is 29.1 Å². The molecular weight excluding hydrogens is 332 g/mol. The molecule has 2 bridgehead atoms. The summed E-state index contributed by atoms with van der Waals surface area (Å²) in [6.07, 6.45) is 4.47. The van der Waals surface area contributed by atoms with Gasteiger partial charge in [-0.2, -0.15) is 0 Å². The van der Waals surface area contributed by atoms with Crippen LogP contribution in [-0.4, -0.2) is 38.7 Å². The van der Waals surface area contributed by atoms with Crippen molar-refractivity contribution in [2.75, 3.05) is 6.26 Å². The van der Waals surface area contributed by atoms with E-state index in [0.717, 1.165) is 17.5 Å². The predicted molar refractivity (Wildman–Crippen MR) is 90.8 cm³/mol. The summed E-state index contributed by atoms with van der Waals surface area (Å²) in [6.45, 7) is 0. The normalized spacial score (nSPS) is 26.7. The van der Waals surface area contributed by atoms with Gasteiger partial charge in [0.05, 0.1) is 4.90 Å². The molecule has 2 aromatic rings. The van der Waals surface area contributed by atoms with Crippen LogP contribution < -0.4 is 10.6 Å². The van der Waals surface area contributed by atoms with Gasteiger partial charge >= 0.3 is 0 Å². The van der Waals surface area contributed by atoms with Crippen LogP contribution in [0.1, 0.15) is 29.6 Å². The van der Waals surface area contributed by atoms with Gasteiger partial charge in [-0.15, -0.1) is 11.3 Å². The topological polar surface area (TPSA) is 75.3 Å². The molecule has 23 heavy (non-hydrogen) atoms. The molecule has 2 N–H and O–H groups in total. The van der Waals surface area contributed by atoms with Gasteiger partial charge < -0.3 is 10.6 Å². The van der Waals surface area contributed by atoms with E-state index in [1.807, 2.05) is 6.07 Å². The number of carbonyl (C=O) groups excluding carboxylic acids is 1. The number of hydrogen-bond acceptors (Lipinski definition) is 5. The van der Waals surface area contributed by atoms with Gasteiger partial charge in [0.2, 0.25) is 0 Å². The van der Waals surface area contributed by atoms with Crippen molar-refractivity contribution in [2.45, 2.75) is 42.3 Å². The molecule has 3 heterocycles. The summed E-state index contributed by atoms with van der Waals surface area (Å²) in [5.74, 6) is -0.128. The minimum atomic E-state index is -3.29. The molecule has 5 nitrogen and oxygen atoms in total. The van der Waals surface area contributed by atoms with E-state index < -0.39 is 9.84 Å². The summed E-state index contributed by atoms with van der Waals surface area (Å²) < 4.78 is 24.6. The van der Waals surface area contributed by atoms with Crippen LogP contribution >= 0.6 is 11.3 Å². The van der Waals surface area contributed by atoms with Gasteiger partial charge in [-0.05, 0) is 37.5 Å². The largest absolute Gasteiger partial charge is 0.348 e. The quantitative estimate of drug-likeness (QED) is 0.887. The third-order valence-electron chi connectivity index (χ3n) is 4.82. The molecule has 2 aliphatic heterocycles. The Kier molecular flexibility index (Phi) is 3.48. The Hall–Kier alpha value is -1.44. The third kappa shape index (κ3) is 2.66. The van der Waals surface area contributed by atoms with E-state index in [1.54, 1.807) is 17.5 Å². The lowest BCUT2D eigenvalue weighted by Gasteiger charge is -2.21. The Labute approximate surface area is 139 Å². The Bertz CT molecular complexity index is 888. The molecule has 0 unspecified atom stereocenters. The monoisotopic (exact) mass is 350 g/mol. The van der Waals surface area contributed by atoms with Crippen LogP contribution in [0.25, 0.3) is 10.1 Å². The Morgan fingerprint density at radius 3 is 2.83 bits per heavy atom. The number of thiophene rings is 1. The van der Waals surface area contributed by atoms with Crippen LogP contribution in [0, 0.1) is 0 Å². The molecule has 0 saturated carbocycles. The zero-order valence-corrected chi connectivity index (χ0v) is 14.3. The van der Waals surface area contributed by atoms with Gasteiger partial charge in [-0.3, -0.25) is 4.79 Å². The van der Waals surface area contributed by atoms with E-state index in [9.17, 15) is 13.2 Å². The maximum absolute atomic E-state index is 12.5. The molecule has 4 rings (SSSR count). The third-order valence-corrected chi connectivity index (χ3v) is 7.07. The fourth-order valence-electron chi connectivity index (χ4n) is 3.67. The second-order valence-electron chi connectivity index (χ2n) is 6.45. The van der Waals surface area contributed by atoms with Gasteiger partial charge in [-0.1, -0.05) is 0 Å². The Morgan fingerprint density at radius 1 is 1.35 bits per heavy atom. The lowest BCUT2D eigenvalue weighted by molar-refractivity contribution is 0.0931. The molecule has 0 spiro atoms. The van der Waals surface area contributed by atoms with Crippen molar-refractivity contribution in [2.24, 2.45) is 0 Å². The van der Waals surface area contributed by atoms with E-state index in [-0.39, 0.29) is 11.9 Å². The van der Waals surface area contributed by atoms with E-state index >= 15 is 0 Å². The molecule has 1 aromatic heterocycles. The van der Waals surface area contributed by atoms with Crippen molar-refractivity contribution in [1.82, 2.24) is 10.6 Å². The zero-order valence-electron chi connectivity index (χ0n) is 12.7. The summed E-state index contributed by atoms with van der Waals surface area (Å²) in [7, 11) is -3.29. The van der Waals surface area contributed by atoms with Crippen LogP contribution in [0.15, 0.2) is 28.5 Å². The number of sulfone groups is 1. The molecule has 0 aliphatic carbocycles. The lowest BCUT2D eigenvalue weighted by Crippen LogP contribution is -2.42. The van der Waals surface area contributed by atoms with Gasteiger partial charge in [-0.25, -0.2) is 8.42 Å². The number of rotatable bonds is 3. The highest BCUT2D eigenvalue weighted by Gasteiger charge is 2.39. The summed E-state index contributed by atoms with van der Waals surface area (Å²) in [5, 5.41) is 8.87.